The Morgan fingerprint density at radius 1 is 1.29 bits per heavy atom. The molecule has 0 amide bonds. The first-order valence-electron chi connectivity index (χ1n) is 7.98. The fraction of sp³-hybridized carbons (Fsp3) is 0.647. The van der Waals surface area contributed by atoms with Gasteiger partial charge in [-0.3, -0.25) is 0 Å². The van der Waals surface area contributed by atoms with Crippen LogP contribution in [0, 0.1) is 0 Å². The van der Waals surface area contributed by atoms with Gasteiger partial charge in [-0.15, -0.1) is 0 Å². The Bertz CT molecular complexity index is 478. The summed E-state index contributed by atoms with van der Waals surface area (Å²) in [6, 6.07) is 7.70. The molecule has 2 fully saturated rings. The third-order valence-electron chi connectivity index (χ3n) is 5.18. The molecule has 2 aliphatic rings. The minimum Gasteiger partial charge on any atom is -0.504 e. The third-order valence-corrected chi connectivity index (χ3v) is 5.18. The van der Waals surface area contributed by atoms with Crippen LogP contribution in [0.5, 0.6) is 11.5 Å². The SMILES string of the molecule is COc1cc(CNC2CC3CCCC(C2)N3C)ccc1O. The number of phenols is 1. The van der Waals surface area contributed by atoms with E-state index in [4.69, 9.17) is 4.74 Å². The smallest absolute Gasteiger partial charge is 0.160 e. The van der Waals surface area contributed by atoms with E-state index in [1.165, 1.54) is 32.1 Å². The second-order valence-electron chi connectivity index (χ2n) is 6.46. The first kappa shape index (κ1) is 14.7. The molecule has 116 valence electrons. The molecule has 2 aliphatic heterocycles. The monoisotopic (exact) mass is 290 g/mol. The van der Waals surface area contributed by atoms with Crippen LogP contribution in [-0.2, 0) is 6.54 Å². The first-order valence-corrected chi connectivity index (χ1v) is 7.98. The number of methoxy groups -OCH3 is 1. The normalized spacial score (nSPS) is 29.3. The highest BCUT2D eigenvalue weighted by molar-refractivity contribution is 5.41. The number of benzene rings is 1. The molecule has 4 heteroatoms. The molecule has 3 rings (SSSR count). The van der Waals surface area contributed by atoms with Gasteiger partial charge < -0.3 is 20.1 Å². The van der Waals surface area contributed by atoms with Crippen LogP contribution >= 0.6 is 0 Å². The van der Waals surface area contributed by atoms with Crippen LogP contribution in [0.2, 0.25) is 0 Å². The van der Waals surface area contributed by atoms with Gasteiger partial charge in [0.15, 0.2) is 11.5 Å². The summed E-state index contributed by atoms with van der Waals surface area (Å²) in [7, 11) is 3.87. The van der Waals surface area contributed by atoms with Gasteiger partial charge in [-0.25, -0.2) is 0 Å². The average Bonchev–Trinajstić information content (AvgIpc) is 2.47. The Kier molecular flexibility index (Phi) is 4.36. The highest BCUT2D eigenvalue weighted by Gasteiger charge is 2.35. The zero-order chi connectivity index (χ0) is 14.8. The van der Waals surface area contributed by atoms with Crippen LogP contribution in [0.4, 0.5) is 0 Å². The van der Waals surface area contributed by atoms with Crippen molar-refractivity contribution in [2.75, 3.05) is 14.2 Å². The van der Waals surface area contributed by atoms with Crippen LogP contribution < -0.4 is 10.1 Å². The molecule has 0 aromatic heterocycles. The maximum Gasteiger partial charge on any atom is 0.160 e. The molecular weight excluding hydrogens is 264 g/mol. The van der Waals surface area contributed by atoms with Crippen LogP contribution in [0.25, 0.3) is 0 Å². The third kappa shape index (κ3) is 3.16. The highest BCUT2D eigenvalue weighted by Crippen LogP contribution is 2.33. The molecule has 1 aromatic carbocycles. The van der Waals surface area contributed by atoms with Gasteiger partial charge in [0, 0.05) is 24.7 Å². The fourth-order valence-corrected chi connectivity index (χ4v) is 3.88. The van der Waals surface area contributed by atoms with Gasteiger partial charge in [0.05, 0.1) is 7.11 Å². The van der Waals surface area contributed by atoms with E-state index >= 15 is 0 Å². The largest absolute Gasteiger partial charge is 0.504 e. The van der Waals surface area contributed by atoms with E-state index in [-0.39, 0.29) is 5.75 Å². The van der Waals surface area contributed by atoms with E-state index in [0.717, 1.165) is 24.2 Å². The number of ether oxygens (including phenoxy) is 1. The molecule has 0 saturated carbocycles. The van der Waals surface area contributed by atoms with Gasteiger partial charge in [-0.05, 0) is 50.4 Å². The Morgan fingerprint density at radius 2 is 2.00 bits per heavy atom. The molecule has 0 radical (unpaired) electrons. The molecule has 1 aromatic rings. The van der Waals surface area contributed by atoms with Crippen molar-refractivity contribution in [3.8, 4) is 11.5 Å². The number of aromatic hydroxyl groups is 1. The summed E-state index contributed by atoms with van der Waals surface area (Å²) < 4.78 is 5.17. The topological polar surface area (TPSA) is 44.7 Å². The Hall–Kier alpha value is -1.26. The predicted octanol–water partition coefficient (Wildman–Crippen LogP) is 2.51. The van der Waals surface area contributed by atoms with Gasteiger partial charge >= 0.3 is 0 Å². The van der Waals surface area contributed by atoms with Crippen LogP contribution in [0.15, 0.2) is 18.2 Å². The lowest BCUT2D eigenvalue weighted by molar-refractivity contribution is 0.0482. The number of nitrogens with zero attached hydrogens (tertiary/aromatic N) is 1. The molecule has 2 unspecified atom stereocenters. The lowest BCUT2D eigenvalue weighted by Crippen LogP contribution is -2.54. The van der Waals surface area contributed by atoms with E-state index in [9.17, 15) is 5.11 Å². The van der Waals surface area contributed by atoms with Crippen molar-refractivity contribution in [2.45, 2.75) is 56.8 Å². The van der Waals surface area contributed by atoms with Crippen molar-refractivity contribution < 1.29 is 9.84 Å². The van der Waals surface area contributed by atoms with Crippen molar-refractivity contribution in [1.29, 1.82) is 0 Å². The van der Waals surface area contributed by atoms with Crippen molar-refractivity contribution in [3.63, 3.8) is 0 Å². The van der Waals surface area contributed by atoms with Crippen LogP contribution in [-0.4, -0.2) is 42.3 Å². The van der Waals surface area contributed by atoms with Gasteiger partial charge in [0.2, 0.25) is 0 Å². The highest BCUT2D eigenvalue weighted by atomic mass is 16.5. The van der Waals surface area contributed by atoms with Crippen molar-refractivity contribution >= 4 is 0 Å². The molecule has 0 spiro atoms. The predicted molar refractivity (Wildman–Crippen MR) is 83.7 cm³/mol. The minimum atomic E-state index is 0.204. The fourth-order valence-electron chi connectivity index (χ4n) is 3.88. The number of piperidine rings is 2. The number of phenolic OH excluding ortho intramolecular Hbond substituents is 1. The second-order valence-corrected chi connectivity index (χ2v) is 6.46. The maximum absolute atomic E-state index is 9.64. The summed E-state index contributed by atoms with van der Waals surface area (Å²) in [5, 5.41) is 13.3. The number of nitrogens with one attached hydrogen (secondary N) is 1. The maximum atomic E-state index is 9.64. The second kappa shape index (κ2) is 6.24. The molecule has 21 heavy (non-hydrogen) atoms. The van der Waals surface area contributed by atoms with Gasteiger partial charge in [0.25, 0.3) is 0 Å². The Balaban J connectivity index is 1.58. The molecular formula is C17H26N2O2. The molecule has 2 N–H and O–H groups in total. The van der Waals surface area contributed by atoms with Gasteiger partial charge in [-0.2, -0.15) is 0 Å². The lowest BCUT2D eigenvalue weighted by atomic mass is 9.82. The van der Waals surface area contributed by atoms with E-state index in [2.05, 4.69) is 17.3 Å². The summed E-state index contributed by atoms with van der Waals surface area (Å²) in [6.07, 6.45) is 6.59. The molecule has 2 bridgehead atoms. The summed E-state index contributed by atoms with van der Waals surface area (Å²) in [5.41, 5.74) is 1.16. The van der Waals surface area contributed by atoms with Crippen LogP contribution in [0.1, 0.15) is 37.7 Å². The summed E-state index contributed by atoms with van der Waals surface area (Å²) >= 11 is 0. The zero-order valence-electron chi connectivity index (χ0n) is 13.0. The molecule has 0 aliphatic carbocycles. The van der Waals surface area contributed by atoms with E-state index in [1.807, 2.05) is 12.1 Å². The first-order chi connectivity index (χ1) is 10.2. The Labute approximate surface area is 127 Å². The summed E-state index contributed by atoms with van der Waals surface area (Å²) in [6.45, 7) is 0.838. The number of hydrogen-bond donors (Lipinski definition) is 2. The molecule has 4 nitrogen and oxygen atoms in total. The van der Waals surface area contributed by atoms with Crippen molar-refractivity contribution in [2.24, 2.45) is 0 Å². The van der Waals surface area contributed by atoms with Crippen molar-refractivity contribution in [1.82, 2.24) is 10.2 Å². The van der Waals surface area contributed by atoms with E-state index in [0.29, 0.717) is 11.8 Å². The average molecular weight is 290 g/mol. The van der Waals surface area contributed by atoms with Crippen LogP contribution in [0.3, 0.4) is 0 Å². The van der Waals surface area contributed by atoms with Gasteiger partial charge in [0.1, 0.15) is 0 Å². The van der Waals surface area contributed by atoms with Gasteiger partial charge in [-0.1, -0.05) is 12.5 Å². The summed E-state index contributed by atoms with van der Waals surface area (Å²) in [4.78, 5) is 2.59. The minimum absolute atomic E-state index is 0.204. The molecule has 2 saturated heterocycles. The zero-order valence-corrected chi connectivity index (χ0v) is 13.0. The standard InChI is InChI=1S/C17H26N2O2/c1-19-14-4-3-5-15(19)10-13(9-14)18-11-12-6-7-16(20)17(8-12)21-2/h6-8,13-15,18,20H,3-5,9-11H2,1-2H3. The summed E-state index contributed by atoms with van der Waals surface area (Å²) in [5.74, 6) is 0.754. The van der Waals surface area contributed by atoms with E-state index < -0.39 is 0 Å². The quantitative estimate of drug-likeness (QED) is 0.894. The van der Waals surface area contributed by atoms with E-state index in [1.54, 1.807) is 13.2 Å². The lowest BCUT2D eigenvalue weighted by Gasteiger charge is -2.47. The molecule has 2 heterocycles. The Morgan fingerprint density at radius 3 is 2.67 bits per heavy atom. The number of fused-ring (bicyclic) bond motifs is 2. The molecule has 2 atom stereocenters. The van der Waals surface area contributed by atoms with Crippen molar-refractivity contribution in [3.05, 3.63) is 23.8 Å². The number of rotatable bonds is 4. The number of hydrogen-bond acceptors (Lipinski definition) is 4.